The molecule has 0 saturated carbocycles. The molecule has 1 unspecified atom stereocenters. The summed E-state index contributed by atoms with van der Waals surface area (Å²) in [6.45, 7) is 4.33. The van der Waals surface area contributed by atoms with Crippen LogP contribution in [0, 0.1) is 6.92 Å². The van der Waals surface area contributed by atoms with Crippen LogP contribution in [0.1, 0.15) is 25.3 Å². The number of amides is 1. The highest BCUT2D eigenvalue weighted by molar-refractivity contribution is 5.77. The van der Waals surface area contributed by atoms with Crippen LogP contribution in [0.2, 0.25) is 0 Å². The molecule has 1 aromatic rings. The molecule has 2 N–H and O–H groups in total. The van der Waals surface area contributed by atoms with E-state index in [4.69, 9.17) is 9.84 Å². The lowest BCUT2D eigenvalue weighted by Gasteiger charge is -2.08. The van der Waals surface area contributed by atoms with E-state index in [-0.39, 0.29) is 18.6 Å². The second-order valence-corrected chi connectivity index (χ2v) is 4.44. The van der Waals surface area contributed by atoms with Gasteiger partial charge in [0.25, 0.3) is 5.91 Å². The quantitative estimate of drug-likeness (QED) is 0.724. The van der Waals surface area contributed by atoms with Gasteiger partial charge >= 0.3 is 0 Å². The highest BCUT2D eigenvalue weighted by atomic mass is 16.5. The van der Waals surface area contributed by atoms with Gasteiger partial charge in [-0.15, -0.1) is 0 Å². The van der Waals surface area contributed by atoms with Gasteiger partial charge in [0, 0.05) is 6.54 Å². The van der Waals surface area contributed by atoms with Gasteiger partial charge in [0.2, 0.25) is 0 Å². The van der Waals surface area contributed by atoms with Crippen LogP contribution in [-0.2, 0) is 4.79 Å². The van der Waals surface area contributed by atoms with Gasteiger partial charge in [0.05, 0.1) is 6.10 Å². The maximum absolute atomic E-state index is 11.4. The lowest BCUT2D eigenvalue weighted by molar-refractivity contribution is -0.123. The van der Waals surface area contributed by atoms with Crippen molar-refractivity contribution < 1.29 is 14.6 Å². The maximum atomic E-state index is 11.4. The van der Waals surface area contributed by atoms with Gasteiger partial charge in [-0.3, -0.25) is 4.79 Å². The summed E-state index contributed by atoms with van der Waals surface area (Å²) in [4.78, 5) is 11.4. The number of aliphatic hydroxyl groups is 1. The summed E-state index contributed by atoms with van der Waals surface area (Å²) in [6.07, 6.45) is 1.15. The zero-order valence-electron chi connectivity index (χ0n) is 11.0. The number of aliphatic hydroxyl groups excluding tert-OH is 1. The third-order valence-electron chi connectivity index (χ3n) is 2.51. The minimum absolute atomic E-state index is 0.0255. The van der Waals surface area contributed by atoms with E-state index in [9.17, 15) is 4.79 Å². The molecule has 0 heterocycles. The molecular weight excluding hydrogens is 230 g/mol. The molecule has 0 spiro atoms. The van der Waals surface area contributed by atoms with Crippen molar-refractivity contribution in [1.82, 2.24) is 5.32 Å². The summed E-state index contributed by atoms with van der Waals surface area (Å²) in [5.74, 6) is 0.556. The first-order chi connectivity index (χ1) is 8.58. The summed E-state index contributed by atoms with van der Waals surface area (Å²) >= 11 is 0. The Balaban J connectivity index is 2.15. The molecule has 0 aliphatic heterocycles. The fourth-order valence-electron chi connectivity index (χ4n) is 1.46. The van der Waals surface area contributed by atoms with Crippen LogP contribution in [0.15, 0.2) is 24.3 Å². The number of carbonyl (C=O) groups excluding carboxylic acids is 1. The smallest absolute Gasteiger partial charge is 0.257 e. The van der Waals surface area contributed by atoms with Gasteiger partial charge in [-0.05, 0) is 38.8 Å². The van der Waals surface area contributed by atoms with Crippen molar-refractivity contribution in [3.8, 4) is 5.75 Å². The van der Waals surface area contributed by atoms with Crippen LogP contribution >= 0.6 is 0 Å². The van der Waals surface area contributed by atoms with E-state index in [1.54, 1.807) is 6.92 Å². The highest BCUT2D eigenvalue weighted by Gasteiger charge is 2.02. The Labute approximate surface area is 108 Å². The van der Waals surface area contributed by atoms with Gasteiger partial charge in [0.15, 0.2) is 6.61 Å². The topological polar surface area (TPSA) is 58.6 Å². The molecular formula is C14H21NO3. The summed E-state index contributed by atoms with van der Waals surface area (Å²) in [5.41, 5.74) is 1.16. The molecule has 1 amide bonds. The van der Waals surface area contributed by atoms with Crippen molar-refractivity contribution in [1.29, 1.82) is 0 Å². The van der Waals surface area contributed by atoms with E-state index in [0.717, 1.165) is 12.0 Å². The van der Waals surface area contributed by atoms with Gasteiger partial charge in [-0.25, -0.2) is 0 Å². The third-order valence-corrected chi connectivity index (χ3v) is 2.51. The predicted octanol–water partition coefficient (Wildman–Crippen LogP) is 1.65. The number of carbonyl (C=O) groups is 1. The fraction of sp³-hybridized carbons (Fsp3) is 0.500. The molecule has 0 aliphatic carbocycles. The molecule has 0 radical (unpaired) electrons. The molecule has 0 bridgehead atoms. The van der Waals surface area contributed by atoms with Crippen LogP contribution in [0.5, 0.6) is 5.75 Å². The molecule has 1 atom stereocenters. The van der Waals surface area contributed by atoms with E-state index < -0.39 is 0 Å². The summed E-state index contributed by atoms with van der Waals surface area (Å²) in [6, 6.07) is 7.57. The van der Waals surface area contributed by atoms with Gasteiger partial charge in [0.1, 0.15) is 5.75 Å². The number of nitrogens with one attached hydrogen (secondary N) is 1. The summed E-state index contributed by atoms with van der Waals surface area (Å²) in [7, 11) is 0. The normalized spacial score (nSPS) is 11.9. The monoisotopic (exact) mass is 251 g/mol. The minimum Gasteiger partial charge on any atom is -0.484 e. The average molecular weight is 251 g/mol. The van der Waals surface area contributed by atoms with E-state index in [1.165, 1.54) is 0 Å². The number of hydrogen-bond donors (Lipinski definition) is 2. The molecule has 0 aromatic heterocycles. The maximum Gasteiger partial charge on any atom is 0.257 e. The van der Waals surface area contributed by atoms with E-state index in [2.05, 4.69) is 5.32 Å². The molecule has 18 heavy (non-hydrogen) atoms. The van der Waals surface area contributed by atoms with Gasteiger partial charge in [-0.1, -0.05) is 17.7 Å². The Morgan fingerprint density at radius 2 is 2.06 bits per heavy atom. The Morgan fingerprint density at radius 3 is 2.67 bits per heavy atom. The number of rotatable bonds is 7. The van der Waals surface area contributed by atoms with Crippen LogP contribution in [0.25, 0.3) is 0 Å². The van der Waals surface area contributed by atoms with Crippen molar-refractivity contribution in [2.45, 2.75) is 32.8 Å². The first kappa shape index (κ1) is 14.5. The van der Waals surface area contributed by atoms with Crippen molar-refractivity contribution >= 4 is 5.91 Å². The largest absolute Gasteiger partial charge is 0.484 e. The Hall–Kier alpha value is -1.55. The molecule has 1 rings (SSSR count). The van der Waals surface area contributed by atoms with E-state index in [1.807, 2.05) is 31.2 Å². The van der Waals surface area contributed by atoms with Crippen LogP contribution in [0.4, 0.5) is 0 Å². The molecule has 100 valence electrons. The van der Waals surface area contributed by atoms with Crippen LogP contribution in [-0.4, -0.2) is 30.3 Å². The minimum atomic E-state index is -0.314. The number of ether oxygens (including phenoxy) is 1. The number of hydrogen-bond acceptors (Lipinski definition) is 3. The summed E-state index contributed by atoms with van der Waals surface area (Å²) in [5, 5.41) is 11.8. The summed E-state index contributed by atoms with van der Waals surface area (Å²) < 4.78 is 5.34. The van der Waals surface area contributed by atoms with Gasteiger partial charge < -0.3 is 15.2 Å². The Bertz CT molecular complexity index is 360. The first-order valence-corrected chi connectivity index (χ1v) is 6.22. The highest BCUT2D eigenvalue weighted by Crippen LogP contribution is 2.10. The van der Waals surface area contributed by atoms with Crippen LogP contribution < -0.4 is 10.1 Å². The van der Waals surface area contributed by atoms with Crippen molar-refractivity contribution in [3.63, 3.8) is 0 Å². The molecule has 4 heteroatoms. The van der Waals surface area contributed by atoms with Crippen molar-refractivity contribution in [2.24, 2.45) is 0 Å². The molecule has 0 saturated heterocycles. The fourth-order valence-corrected chi connectivity index (χ4v) is 1.46. The SMILES string of the molecule is Cc1ccc(OCC(=O)NCCCC(C)O)cc1. The van der Waals surface area contributed by atoms with E-state index >= 15 is 0 Å². The van der Waals surface area contributed by atoms with Crippen molar-refractivity contribution in [2.75, 3.05) is 13.2 Å². The Kier molecular flexibility index (Phi) is 6.22. The molecule has 0 aliphatic rings. The van der Waals surface area contributed by atoms with Crippen LogP contribution in [0.3, 0.4) is 0 Å². The predicted molar refractivity (Wildman–Crippen MR) is 70.6 cm³/mol. The third kappa shape index (κ3) is 6.25. The number of benzene rings is 1. The Morgan fingerprint density at radius 1 is 1.39 bits per heavy atom. The van der Waals surface area contributed by atoms with E-state index in [0.29, 0.717) is 18.7 Å². The zero-order chi connectivity index (χ0) is 13.4. The zero-order valence-corrected chi connectivity index (χ0v) is 11.0. The van der Waals surface area contributed by atoms with Crippen molar-refractivity contribution in [3.05, 3.63) is 29.8 Å². The molecule has 0 fully saturated rings. The lowest BCUT2D eigenvalue weighted by Crippen LogP contribution is -2.30. The first-order valence-electron chi connectivity index (χ1n) is 6.22. The average Bonchev–Trinajstić information content (AvgIpc) is 2.34. The number of aryl methyl sites for hydroxylation is 1. The lowest BCUT2D eigenvalue weighted by atomic mass is 10.2. The molecule has 4 nitrogen and oxygen atoms in total. The van der Waals surface area contributed by atoms with Gasteiger partial charge in [-0.2, -0.15) is 0 Å². The second kappa shape index (κ2) is 7.71. The molecule has 1 aromatic carbocycles. The standard InChI is InChI=1S/C14H21NO3/c1-11-5-7-13(8-6-11)18-10-14(17)15-9-3-4-12(2)16/h5-8,12,16H,3-4,9-10H2,1-2H3,(H,15,17). The second-order valence-electron chi connectivity index (χ2n) is 4.44.